The fourth-order valence-corrected chi connectivity index (χ4v) is 3.54. The zero-order chi connectivity index (χ0) is 17.4. The molecule has 2 heterocycles. The molecule has 0 amide bonds. The molecule has 5 nitrogen and oxygen atoms in total. The van der Waals surface area contributed by atoms with Crippen LogP contribution in [0, 0.1) is 5.41 Å². The average Bonchev–Trinajstić information content (AvgIpc) is 3.08. The van der Waals surface area contributed by atoms with Crippen molar-refractivity contribution in [2.24, 2.45) is 5.41 Å². The van der Waals surface area contributed by atoms with Crippen LogP contribution in [0.2, 0.25) is 10.0 Å². The first kappa shape index (κ1) is 17.7. The van der Waals surface area contributed by atoms with Crippen molar-refractivity contribution in [1.82, 2.24) is 14.8 Å². The summed E-state index contributed by atoms with van der Waals surface area (Å²) in [5, 5.41) is 5.26. The zero-order valence-corrected chi connectivity index (χ0v) is 15.5. The second kappa shape index (κ2) is 6.64. The maximum absolute atomic E-state index is 6.43. The largest absolute Gasteiger partial charge is 0.342 e. The maximum Gasteiger partial charge on any atom is 0.217 e. The van der Waals surface area contributed by atoms with Crippen LogP contribution in [0.15, 0.2) is 30.9 Å². The van der Waals surface area contributed by atoms with Crippen LogP contribution < -0.4 is 0 Å². The molecule has 1 saturated heterocycles. The van der Waals surface area contributed by atoms with Crippen molar-refractivity contribution in [2.75, 3.05) is 6.61 Å². The maximum atomic E-state index is 6.43. The third-order valence-corrected chi connectivity index (χ3v) is 4.43. The lowest BCUT2D eigenvalue weighted by molar-refractivity contribution is -0.190. The van der Waals surface area contributed by atoms with Crippen LogP contribution in [-0.4, -0.2) is 27.5 Å². The highest BCUT2D eigenvalue weighted by molar-refractivity contribution is 6.35. The third kappa shape index (κ3) is 3.91. The summed E-state index contributed by atoms with van der Waals surface area (Å²) < 4.78 is 14.2. The van der Waals surface area contributed by atoms with Crippen LogP contribution in [0.3, 0.4) is 0 Å². The first-order chi connectivity index (χ1) is 11.3. The molecule has 1 aliphatic rings. The molecule has 0 radical (unpaired) electrons. The Hall–Kier alpha value is -1.14. The summed E-state index contributed by atoms with van der Waals surface area (Å²) in [5.41, 5.74) is 0.890. The Bertz CT molecular complexity index is 700. The highest BCUT2D eigenvalue weighted by Crippen LogP contribution is 2.42. The van der Waals surface area contributed by atoms with Crippen molar-refractivity contribution in [3.05, 3.63) is 46.5 Å². The Kier molecular flexibility index (Phi) is 4.89. The molecular formula is C17H21Cl2N3O2. The van der Waals surface area contributed by atoms with Gasteiger partial charge in [0.2, 0.25) is 5.79 Å². The monoisotopic (exact) mass is 369 g/mol. The van der Waals surface area contributed by atoms with Gasteiger partial charge in [0.15, 0.2) is 0 Å². The minimum absolute atomic E-state index is 0.0136. The van der Waals surface area contributed by atoms with E-state index < -0.39 is 5.79 Å². The zero-order valence-electron chi connectivity index (χ0n) is 14.0. The molecule has 1 aliphatic heterocycles. The molecule has 0 N–H and O–H groups in total. The molecule has 0 spiro atoms. The summed E-state index contributed by atoms with van der Waals surface area (Å²) in [5.74, 6) is -0.995. The van der Waals surface area contributed by atoms with Crippen LogP contribution in [0.25, 0.3) is 0 Å². The Morgan fingerprint density at radius 1 is 1.33 bits per heavy atom. The van der Waals surface area contributed by atoms with Crippen molar-refractivity contribution in [3.8, 4) is 0 Å². The number of halogens is 2. The summed E-state index contributed by atoms with van der Waals surface area (Å²) in [6.45, 7) is 7.43. The highest BCUT2D eigenvalue weighted by atomic mass is 35.5. The molecule has 1 unspecified atom stereocenters. The lowest BCUT2D eigenvalue weighted by Crippen LogP contribution is -2.34. The Labute approximate surface area is 151 Å². The van der Waals surface area contributed by atoms with E-state index in [2.05, 4.69) is 30.9 Å². The van der Waals surface area contributed by atoms with E-state index in [9.17, 15) is 0 Å². The number of rotatable bonds is 4. The van der Waals surface area contributed by atoms with E-state index in [-0.39, 0.29) is 11.5 Å². The Balaban J connectivity index is 1.93. The van der Waals surface area contributed by atoms with Crippen LogP contribution in [0.4, 0.5) is 0 Å². The molecule has 0 aliphatic carbocycles. The van der Waals surface area contributed by atoms with Crippen molar-refractivity contribution in [1.29, 1.82) is 0 Å². The summed E-state index contributed by atoms with van der Waals surface area (Å²) in [7, 11) is 0. The normalized spacial score (nSPS) is 24.5. The number of aromatic nitrogens is 3. The topological polar surface area (TPSA) is 49.2 Å². The lowest BCUT2D eigenvalue weighted by Gasteiger charge is -2.30. The third-order valence-electron chi connectivity index (χ3n) is 3.88. The van der Waals surface area contributed by atoms with Crippen molar-refractivity contribution in [2.45, 2.75) is 45.6 Å². The van der Waals surface area contributed by atoms with Gasteiger partial charge in [-0.25, -0.2) is 9.67 Å². The van der Waals surface area contributed by atoms with Gasteiger partial charge in [-0.15, -0.1) is 0 Å². The van der Waals surface area contributed by atoms with Gasteiger partial charge in [0.25, 0.3) is 0 Å². The van der Waals surface area contributed by atoms with Gasteiger partial charge in [-0.3, -0.25) is 0 Å². The summed E-state index contributed by atoms with van der Waals surface area (Å²) in [6, 6.07) is 5.34. The van der Waals surface area contributed by atoms with Gasteiger partial charge < -0.3 is 9.47 Å². The van der Waals surface area contributed by atoms with Crippen LogP contribution >= 0.6 is 23.2 Å². The average molecular weight is 370 g/mol. The first-order valence-corrected chi connectivity index (χ1v) is 8.63. The van der Waals surface area contributed by atoms with Gasteiger partial charge in [0, 0.05) is 10.6 Å². The number of nitrogens with zero attached hydrogens (tertiary/aromatic N) is 3. The van der Waals surface area contributed by atoms with Crippen LogP contribution in [0.1, 0.15) is 32.8 Å². The molecule has 3 rings (SSSR count). The van der Waals surface area contributed by atoms with Gasteiger partial charge in [0.05, 0.1) is 17.7 Å². The van der Waals surface area contributed by atoms with E-state index in [1.165, 1.54) is 6.33 Å². The van der Waals surface area contributed by atoms with E-state index in [1.54, 1.807) is 23.1 Å². The highest BCUT2D eigenvalue weighted by Gasteiger charge is 2.46. The van der Waals surface area contributed by atoms with Gasteiger partial charge in [-0.1, -0.05) is 50.0 Å². The van der Waals surface area contributed by atoms with Crippen molar-refractivity contribution >= 4 is 23.2 Å². The van der Waals surface area contributed by atoms with E-state index in [4.69, 9.17) is 32.7 Å². The first-order valence-electron chi connectivity index (χ1n) is 7.87. The smallest absolute Gasteiger partial charge is 0.217 e. The number of hydrogen-bond acceptors (Lipinski definition) is 4. The summed E-state index contributed by atoms with van der Waals surface area (Å²) in [4.78, 5) is 3.99. The number of benzene rings is 1. The molecule has 130 valence electrons. The van der Waals surface area contributed by atoms with Gasteiger partial charge in [-0.2, -0.15) is 5.10 Å². The predicted octanol–water partition coefficient (Wildman–Crippen LogP) is 4.29. The van der Waals surface area contributed by atoms with Gasteiger partial charge >= 0.3 is 0 Å². The molecule has 2 aromatic rings. The predicted molar refractivity (Wildman–Crippen MR) is 93.1 cm³/mol. The lowest BCUT2D eigenvalue weighted by atomic mass is 9.89. The second-order valence-corrected chi connectivity index (χ2v) is 8.13. The molecule has 7 heteroatoms. The van der Waals surface area contributed by atoms with Crippen LogP contribution in [0.5, 0.6) is 0 Å². The molecule has 2 atom stereocenters. The van der Waals surface area contributed by atoms with E-state index in [1.807, 2.05) is 6.07 Å². The van der Waals surface area contributed by atoms with E-state index in [0.717, 1.165) is 12.0 Å². The van der Waals surface area contributed by atoms with Crippen molar-refractivity contribution < 1.29 is 9.47 Å². The van der Waals surface area contributed by atoms with Crippen LogP contribution in [-0.2, 0) is 21.8 Å². The molecular weight excluding hydrogens is 349 g/mol. The van der Waals surface area contributed by atoms with Crippen molar-refractivity contribution in [3.63, 3.8) is 0 Å². The fourth-order valence-electron chi connectivity index (χ4n) is 2.98. The molecule has 1 fully saturated rings. The second-order valence-electron chi connectivity index (χ2n) is 7.29. The van der Waals surface area contributed by atoms with Gasteiger partial charge in [0.1, 0.15) is 19.2 Å². The van der Waals surface area contributed by atoms with E-state index >= 15 is 0 Å². The number of ether oxygens (including phenoxy) is 2. The Morgan fingerprint density at radius 2 is 2.12 bits per heavy atom. The minimum atomic E-state index is -0.995. The van der Waals surface area contributed by atoms with E-state index in [0.29, 0.717) is 23.2 Å². The molecule has 0 saturated carbocycles. The SMILES string of the molecule is CC(C)(C)CC1CO[C@@](Cn2cncn2)(c2ccc(Cl)cc2Cl)O1. The minimum Gasteiger partial charge on any atom is -0.342 e. The Morgan fingerprint density at radius 3 is 2.75 bits per heavy atom. The molecule has 1 aromatic carbocycles. The summed E-state index contributed by atoms with van der Waals surface area (Å²) in [6.07, 6.45) is 3.99. The quantitative estimate of drug-likeness (QED) is 0.806. The van der Waals surface area contributed by atoms with Gasteiger partial charge in [-0.05, 0) is 24.0 Å². The molecule has 24 heavy (non-hydrogen) atoms. The standard InChI is InChI=1S/C17H21Cl2N3O2/c1-16(2,3)7-13-8-23-17(24-13,9-22-11-20-10-21-22)14-5-4-12(18)6-15(14)19/h4-6,10-11,13H,7-9H2,1-3H3/t13?,17-/m1/s1. The number of hydrogen-bond donors (Lipinski definition) is 0. The molecule has 0 bridgehead atoms. The summed E-state index contributed by atoms with van der Waals surface area (Å²) >= 11 is 12.5. The molecule has 1 aromatic heterocycles. The fraction of sp³-hybridized carbons (Fsp3) is 0.529.